The van der Waals surface area contributed by atoms with Crippen LogP contribution in [-0.4, -0.2) is 17.2 Å². The van der Waals surface area contributed by atoms with Crippen LogP contribution in [-0.2, 0) is 12.8 Å². The van der Waals surface area contributed by atoms with E-state index in [1.54, 1.807) is 11.3 Å². The highest BCUT2D eigenvalue weighted by Crippen LogP contribution is 2.30. The molecule has 1 aliphatic carbocycles. The number of aromatic nitrogens is 1. The molecule has 0 saturated carbocycles. The minimum atomic E-state index is -0.813. The molecule has 0 saturated heterocycles. The summed E-state index contributed by atoms with van der Waals surface area (Å²) >= 11 is 1.69. The molecule has 0 amide bonds. The van der Waals surface area contributed by atoms with E-state index in [1.807, 2.05) is 0 Å². The molecule has 0 atom stereocenters. The first kappa shape index (κ1) is 14.6. The van der Waals surface area contributed by atoms with Crippen molar-refractivity contribution in [1.82, 2.24) is 4.98 Å². The second kappa shape index (κ2) is 5.89. The Kier molecular flexibility index (Phi) is 3.73. The zero-order valence-corrected chi connectivity index (χ0v) is 13.4. The third-order valence-corrected chi connectivity index (χ3v) is 5.09. The molecule has 2 heterocycles. The van der Waals surface area contributed by atoms with E-state index in [0.717, 1.165) is 54.6 Å². The number of benzene rings is 1. The highest BCUT2D eigenvalue weighted by molar-refractivity contribution is 7.07. The van der Waals surface area contributed by atoms with Gasteiger partial charge < -0.3 is 4.98 Å². The summed E-state index contributed by atoms with van der Waals surface area (Å²) < 4.78 is 27.0. The number of hydrogen-bond acceptors (Lipinski definition) is 2. The standard InChI is InChI=1S/C18H16F2N2S/c19-14-8-13-12-2-1-3-16(18(12)22-17(13)9-15(14)20)21-6-4-11-5-7-23-10-11/h5,7-10,22H,1-4,6H2/b21-16+. The van der Waals surface area contributed by atoms with Crippen LogP contribution < -0.4 is 0 Å². The van der Waals surface area contributed by atoms with Gasteiger partial charge in [-0.05, 0) is 59.7 Å². The molecule has 1 aromatic carbocycles. The number of thiophene rings is 1. The van der Waals surface area contributed by atoms with E-state index in [4.69, 9.17) is 4.99 Å². The number of rotatable bonds is 3. The van der Waals surface area contributed by atoms with Gasteiger partial charge in [-0.15, -0.1) is 0 Å². The van der Waals surface area contributed by atoms with Crippen LogP contribution in [0.15, 0.2) is 34.0 Å². The second-order valence-corrected chi connectivity index (χ2v) is 6.63. The number of nitrogens with zero attached hydrogens (tertiary/aromatic N) is 1. The van der Waals surface area contributed by atoms with Crippen LogP contribution >= 0.6 is 11.3 Å². The van der Waals surface area contributed by atoms with E-state index < -0.39 is 11.6 Å². The molecule has 0 spiro atoms. The zero-order valence-electron chi connectivity index (χ0n) is 12.5. The monoisotopic (exact) mass is 330 g/mol. The fraction of sp³-hybridized carbons (Fsp3) is 0.278. The first-order valence-corrected chi connectivity index (χ1v) is 8.71. The lowest BCUT2D eigenvalue weighted by molar-refractivity contribution is 0.511. The molecule has 0 fully saturated rings. The van der Waals surface area contributed by atoms with Gasteiger partial charge in [-0.25, -0.2) is 8.78 Å². The lowest BCUT2D eigenvalue weighted by Gasteiger charge is -2.14. The van der Waals surface area contributed by atoms with E-state index >= 15 is 0 Å². The van der Waals surface area contributed by atoms with E-state index in [1.165, 1.54) is 17.7 Å². The van der Waals surface area contributed by atoms with E-state index in [-0.39, 0.29) is 0 Å². The van der Waals surface area contributed by atoms with Crippen LogP contribution in [0.2, 0.25) is 0 Å². The highest BCUT2D eigenvalue weighted by atomic mass is 32.1. The van der Waals surface area contributed by atoms with Crippen LogP contribution in [0, 0.1) is 11.6 Å². The Bertz CT molecular complexity index is 878. The van der Waals surface area contributed by atoms with Crippen molar-refractivity contribution in [3.8, 4) is 0 Å². The van der Waals surface area contributed by atoms with Gasteiger partial charge in [-0.2, -0.15) is 11.3 Å². The van der Waals surface area contributed by atoms with Gasteiger partial charge in [0.05, 0.1) is 11.4 Å². The summed E-state index contributed by atoms with van der Waals surface area (Å²) in [7, 11) is 0. The normalized spacial score (nSPS) is 16.2. The van der Waals surface area contributed by atoms with Gasteiger partial charge in [0.25, 0.3) is 0 Å². The zero-order chi connectivity index (χ0) is 15.8. The fourth-order valence-corrected chi connectivity index (χ4v) is 3.92. The van der Waals surface area contributed by atoms with Crippen molar-refractivity contribution in [3.63, 3.8) is 0 Å². The van der Waals surface area contributed by atoms with Crippen molar-refractivity contribution in [2.75, 3.05) is 6.54 Å². The van der Waals surface area contributed by atoms with Gasteiger partial charge in [0.15, 0.2) is 11.6 Å². The van der Waals surface area contributed by atoms with Crippen molar-refractivity contribution in [1.29, 1.82) is 0 Å². The summed E-state index contributed by atoms with van der Waals surface area (Å²) in [6.45, 7) is 0.740. The maximum atomic E-state index is 13.5. The second-order valence-electron chi connectivity index (χ2n) is 5.85. The average Bonchev–Trinajstić information content (AvgIpc) is 3.16. The number of aromatic amines is 1. The first-order chi connectivity index (χ1) is 11.2. The smallest absolute Gasteiger partial charge is 0.160 e. The topological polar surface area (TPSA) is 28.1 Å². The molecule has 2 aromatic heterocycles. The molecule has 0 unspecified atom stereocenters. The number of nitrogens with one attached hydrogen (secondary N) is 1. The number of H-pyrrole nitrogens is 1. The lowest BCUT2D eigenvalue weighted by Crippen LogP contribution is -2.12. The molecule has 0 radical (unpaired) electrons. The van der Waals surface area contributed by atoms with Gasteiger partial charge in [0.2, 0.25) is 0 Å². The van der Waals surface area contributed by atoms with Gasteiger partial charge in [0, 0.05) is 23.5 Å². The lowest BCUT2D eigenvalue weighted by atomic mass is 9.94. The minimum Gasteiger partial charge on any atom is -0.353 e. The minimum absolute atomic E-state index is 0.654. The summed E-state index contributed by atoms with van der Waals surface area (Å²) in [6.07, 6.45) is 3.71. The van der Waals surface area contributed by atoms with Crippen LogP contribution in [0.4, 0.5) is 8.78 Å². The van der Waals surface area contributed by atoms with Crippen molar-refractivity contribution in [2.24, 2.45) is 4.99 Å². The molecule has 0 aliphatic heterocycles. The number of aliphatic imine (C=N–C) groups is 1. The van der Waals surface area contributed by atoms with E-state index in [9.17, 15) is 8.78 Å². The summed E-state index contributed by atoms with van der Waals surface area (Å²) in [5.41, 5.74) is 5.01. The Labute approximate surface area is 136 Å². The van der Waals surface area contributed by atoms with E-state index in [2.05, 4.69) is 21.8 Å². The number of aryl methyl sites for hydroxylation is 1. The molecule has 1 N–H and O–H groups in total. The summed E-state index contributed by atoms with van der Waals surface area (Å²) in [5.74, 6) is -1.60. The number of fused-ring (bicyclic) bond motifs is 3. The molecule has 1 aliphatic rings. The Morgan fingerprint density at radius 3 is 2.87 bits per heavy atom. The molecule has 23 heavy (non-hydrogen) atoms. The van der Waals surface area contributed by atoms with Crippen molar-refractivity contribution < 1.29 is 8.78 Å². The molecule has 3 aromatic rings. The largest absolute Gasteiger partial charge is 0.353 e. The van der Waals surface area contributed by atoms with Gasteiger partial charge in [-0.3, -0.25) is 4.99 Å². The summed E-state index contributed by atoms with van der Waals surface area (Å²) in [5, 5.41) is 4.99. The maximum Gasteiger partial charge on any atom is 0.160 e. The van der Waals surface area contributed by atoms with E-state index in [0.29, 0.717) is 5.52 Å². The molecule has 118 valence electrons. The number of halogens is 2. The summed E-state index contributed by atoms with van der Waals surface area (Å²) in [6, 6.07) is 4.66. The molecule has 5 heteroatoms. The molecule has 2 nitrogen and oxygen atoms in total. The van der Waals surface area contributed by atoms with Crippen molar-refractivity contribution in [3.05, 3.63) is 57.4 Å². The van der Waals surface area contributed by atoms with Gasteiger partial charge in [-0.1, -0.05) is 0 Å². The Morgan fingerprint density at radius 2 is 2.04 bits per heavy atom. The third kappa shape index (κ3) is 2.70. The predicted octanol–water partition coefficient (Wildman–Crippen LogP) is 4.88. The quantitative estimate of drug-likeness (QED) is 0.709. The predicted molar refractivity (Wildman–Crippen MR) is 90.6 cm³/mol. The fourth-order valence-electron chi connectivity index (χ4n) is 3.22. The Morgan fingerprint density at radius 1 is 1.17 bits per heavy atom. The van der Waals surface area contributed by atoms with Crippen molar-refractivity contribution >= 4 is 28.0 Å². The third-order valence-electron chi connectivity index (χ3n) is 4.36. The Hall–Kier alpha value is -2.01. The van der Waals surface area contributed by atoms with Gasteiger partial charge in [0.1, 0.15) is 0 Å². The maximum absolute atomic E-state index is 13.5. The molecule has 4 rings (SSSR count). The Balaban J connectivity index is 1.67. The molecular formula is C18H16F2N2S. The molecule has 0 bridgehead atoms. The highest BCUT2D eigenvalue weighted by Gasteiger charge is 2.21. The summed E-state index contributed by atoms with van der Waals surface area (Å²) in [4.78, 5) is 7.98. The van der Waals surface area contributed by atoms with Gasteiger partial charge >= 0.3 is 0 Å². The SMILES string of the molecule is Fc1cc2[nH]c3c(c2cc1F)CCC/C3=N\CCc1ccsc1. The van der Waals surface area contributed by atoms with Crippen LogP contribution in [0.5, 0.6) is 0 Å². The van der Waals surface area contributed by atoms with Crippen LogP contribution in [0.3, 0.4) is 0 Å². The molecular weight excluding hydrogens is 314 g/mol. The first-order valence-electron chi connectivity index (χ1n) is 7.77. The number of hydrogen-bond donors (Lipinski definition) is 1. The van der Waals surface area contributed by atoms with Crippen molar-refractivity contribution in [2.45, 2.75) is 25.7 Å². The van der Waals surface area contributed by atoms with Crippen LogP contribution in [0.25, 0.3) is 10.9 Å². The van der Waals surface area contributed by atoms with Crippen LogP contribution in [0.1, 0.15) is 29.7 Å². The average molecular weight is 330 g/mol.